The number of rotatable bonds is 6. The topological polar surface area (TPSA) is 38.3 Å². The van der Waals surface area contributed by atoms with Gasteiger partial charge < -0.3 is 10.1 Å². The molecule has 0 aliphatic carbocycles. The van der Waals surface area contributed by atoms with Gasteiger partial charge in [-0.3, -0.25) is 4.79 Å². The molecule has 0 rings (SSSR count). The molecule has 0 bridgehead atoms. The number of ether oxygens (including phenoxy) is 1. The third-order valence-electron chi connectivity index (χ3n) is 1.62. The zero-order valence-electron chi connectivity index (χ0n) is 9.16. The van der Waals surface area contributed by atoms with Gasteiger partial charge in [-0.15, -0.1) is 11.6 Å². The standard InChI is InChI=1S/C9H15ClF3NO2/c1-8(2,4-10)5-14-7(15)3-16-6-9(11,12)13/h3-6H2,1-2H3,(H,14,15). The molecule has 1 amide bonds. The minimum Gasteiger partial charge on any atom is -0.362 e. The zero-order chi connectivity index (χ0) is 12.8. The molecule has 0 atom stereocenters. The fourth-order valence-electron chi connectivity index (χ4n) is 0.696. The average molecular weight is 262 g/mol. The first-order valence-corrected chi connectivity index (χ1v) is 5.17. The largest absolute Gasteiger partial charge is 0.411 e. The fourth-order valence-corrected chi connectivity index (χ4v) is 0.790. The fraction of sp³-hybridized carbons (Fsp3) is 0.889. The van der Waals surface area contributed by atoms with E-state index in [0.717, 1.165) is 0 Å². The minimum absolute atomic E-state index is 0.290. The van der Waals surface area contributed by atoms with Crippen molar-refractivity contribution in [2.24, 2.45) is 5.41 Å². The van der Waals surface area contributed by atoms with E-state index in [2.05, 4.69) is 10.1 Å². The van der Waals surface area contributed by atoms with Crippen molar-refractivity contribution in [3.05, 3.63) is 0 Å². The number of carbonyl (C=O) groups excluding carboxylic acids is 1. The highest BCUT2D eigenvalue weighted by molar-refractivity contribution is 6.18. The molecule has 0 aliphatic rings. The number of hydrogen-bond donors (Lipinski definition) is 1. The van der Waals surface area contributed by atoms with Crippen molar-refractivity contribution in [1.29, 1.82) is 0 Å². The van der Waals surface area contributed by atoms with Crippen molar-refractivity contribution in [2.45, 2.75) is 20.0 Å². The first-order chi connectivity index (χ1) is 7.16. The SMILES string of the molecule is CC(C)(CCl)CNC(=O)COCC(F)(F)F. The predicted octanol–water partition coefficient (Wildman–Crippen LogP) is 1.95. The van der Waals surface area contributed by atoms with Crippen LogP contribution in [0.25, 0.3) is 0 Å². The highest BCUT2D eigenvalue weighted by Crippen LogP contribution is 2.15. The Labute approximate surface area is 97.3 Å². The van der Waals surface area contributed by atoms with Gasteiger partial charge in [0, 0.05) is 12.4 Å². The lowest BCUT2D eigenvalue weighted by Crippen LogP contribution is -2.37. The molecule has 0 spiro atoms. The Morgan fingerprint density at radius 2 is 1.94 bits per heavy atom. The van der Waals surface area contributed by atoms with Crippen LogP contribution in [0.1, 0.15) is 13.8 Å². The predicted molar refractivity (Wildman–Crippen MR) is 54.4 cm³/mol. The second-order valence-corrected chi connectivity index (χ2v) is 4.45. The molecule has 0 saturated heterocycles. The first kappa shape index (κ1) is 15.5. The Morgan fingerprint density at radius 1 is 1.38 bits per heavy atom. The smallest absolute Gasteiger partial charge is 0.362 e. The van der Waals surface area contributed by atoms with Crippen molar-refractivity contribution in [3.63, 3.8) is 0 Å². The summed E-state index contributed by atoms with van der Waals surface area (Å²) < 4.78 is 39.2. The summed E-state index contributed by atoms with van der Waals surface area (Å²) in [7, 11) is 0. The quantitative estimate of drug-likeness (QED) is 0.742. The van der Waals surface area contributed by atoms with E-state index in [1.165, 1.54) is 0 Å². The zero-order valence-corrected chi connectivity index (χ0v) is 9.91. The van der Waals surface area contributed by atoms with Crippen LogP contribution in [0.15, 0.2) is 0 Å². The van der Waals surface area contributed by atoms with Gasteiger partial charge >= 0.3 is 6.18 Å². The van der Waals surface area contributed by atoms with Crippen LogP contribution in [0.4, 0.5) is 13.2 Å². The van der Waals surface area contributed by atoms with Gasteiger partial charge in [0.15, 0.2) is 0 Å². The summed E-state index contributed by atoms with van der Waals surface area (Å²) in [5.74, 6) is -0.237. The normalized spacial score (nSPS) is 12.6. The molecule has 0 heterocycles. The molecular weight excluding hydrogens is 247 g/mol. The molecule has 7 heteroatoms. The molecule has 0 aliphatic heterocycles. The summed E-state index contributed by atoms with van der Waals surface area (Å²) in [5.41, 5.74) is -0.290. The summed E-state index contributed by atoms with van der Waals surface area (Å²) in [6.07, 6.45) is -4.41. The van der Waals surface area contributed by atoms with Crippen molar-refractivity contribution in [3.8, 4) is 0 Å². The van der Waals surface area contributed by atoms with Crippen LogP contribution in [0.3, 0.4) is 0 Å². The van der Waals surface area contributed by atoms with E-state index < -0.39 is 25.3 Å². The van der Waals surface area contributed by atoms with E-state index in [0.29, 0.717) is 12.4 Å². The molecule has 1 N–H and O–H groups in total. The molecule has 96 valence electrons. The summed E-state index contributed by atoms with van der Waals surface area (Å²) in [5, 5.41) is 2.44. The molecule has 0 aromatic heterocycles. The second kappa shape index (κ2) is 6.30. The van der Waals surface area contributed by atoms with Crippen LogP contribution in [0, 0.1) is 5.41 Å². The number of halogens is 4. The molecule has 0 radical (unpaired) electrons. The van der Waals surface area contributed by atoms with Crippen LogP contribution in [-0.2, 0) is 9.53 Å². The first-order valence-electron chi connectivity index (χ1n) is 4.63. The highest BCUT2D eigenvalue weighted by Gasteiger charge is 2.27. The highest BCUT2D eigenvalue weighted by atomic mass is 35.5. The lowest BCUT2D eigenvalue weighted by atomic mass is 9.97. The summed E-state index contributed by atoms with van der Waals surface area (Å²) in [6, 6.07) is 0. The van der Waals surface area contributed by atoms with Crippen molar-refractivity contribution in [2.75, 3.05) is 25.6 Å². The lowest BCUT2D eigenvalue weighted by molar-refractivity contribution is -0.175. The van der Waals surface area contributed by atoms with E-state index in [9.17, 15) is 18.0 Å². The van der Waals surface area contributed by atoms with E-state index in [-0.39, 0.29) is 5.41 Å². The van der Waals surface area contributed by atoms with Gasteiger partial charge in [-0.1, -0.05) is 13.8 Å². The van der Waals surface area contributed by atoms with Gasteiger partial charge in [0.2, 0.25) is 5.91 Å². The number of amides is 1. The second-order valence-electron chi connectivity index (χ2n) is 4.18. The molecule has 0 aromatic carbocycles. The Balaban J connectivity index is 3.68. The Hall–Kier alpha value is -0.490. The summed E-state index contributed by atoms with van der Waals surface area (Å²) in [4.78, 5) is 11.0. The average Bonchev–Trinajstić information content (AvgIpc) is 2.13. The van der Waals surface area contributed by atoms with Crippen LogP contribution in [0.2, 0.25) is 0 Å². The van der Waals surface area contributed by atoms with Crippen molar-refractivity contribution >= 4 is 17.5 Å². The van der Waals surface area contributed by atoms with Crippen molar-refractivity contribution in [1.82, 2.24) is 5.32 Å². The molecule has 0 saturated carbocycles. The molecule has 0 unspecified atom stereocenters. The van der Waals surface area contributed by atoms with Crippen molar-refractivity contribution < 1.29 is 22.7 Å². The molecule has 16 heavy (non-hydrogen) atoms. The van der Waals surface area contributed by atoms with Gasteiger partial charge in [0.05, 0.1) is 0 Å². The molecule has 0 aromatic rings. The maximum absolute atomic E-state index is 11.7. The maximum atomic E-state index is 11.7. The minimum atomic E-state index is -4.41. The van der Waals surface area contributed by atoms with E-state index in [1.807, 2.05) is 13.8 Å². The summed E-state index contributed by atoms with van der Waals surface area (Å²) in [6.45, 7) is 1.94. The Kier molecular flexibility index (Phi) is 6.10. The van der Waals surface area contributed by atoms with Gasteiger partial charge in [0.25, 0.3) is 0 Å². The lowest BCUT2D eigenvalue weighted by Gasteiger charge is -2.21. The van der Waals surface area contributed by atoms with E-state index in [1.54, 1.807) is 0 Å². The van der Waals surface area contributed by atoms with Gasteiger partial charge in [-0.05, 0) is 5.41 Å². The molecule has 3 nitrogen and oxygen atoms in total. The van der Waals surface area contributed by atoms with Crippen LogP contribution >= 0.6 is 11.6 Å². The summed E-state index contributed by atoms with van der Waals surface area (Å²) >= 11 is 5.61. The van der Waals surface area contributed by atoms with Crippen LogP contribution < -0.4 is 5.32 Å². The number of carbonyl (C=O) groups is 1. The van der Waals surface area contributed by atoms with Gasteiger partial charge in [-0.25, -0.2) is 0 Å². The third-order valence-corrected chi connectivity index (χ3v) is 2.35. The van der Waals surface area contributed by atoms with Crippen LogP contribution in [-0.4, -0.2) is 37.7 Å². The van der Waals surface area contributed by atoms with Gasteiger partial charge in [-0.2, -0.15) is 13.2 Å². The maximum Gasteiger partial charge on any atom is 0.411 e. The van der Waals surface area contributed by atoms with E-state index in [4.69, 9.17) is 11.6 Å². The molecule has 0 fully saturated rings. The van der Waals surface area contributed by atoms with E-state index >= 15 is 0 Å². The number of nitrogens with one attached hydrogen (secondary N) is 1. The third kappa shape index (κ3) is 8.79. The monoisotopic (exact) mass is 261 g/mol. The van der Waals surface area contributed by atoms with Gasteiger partial charge in [0.1, 0.15) is 13.2 Å². The Morgan fingerprint density at radius 3 is 2.38 bits per heavy atom. The van der Waals surface area contributed by atoms with Crippen LogP contribution in [0.5, 0.6) is 0 Å². The number of alkyl halides is 4. The molecular formula is C9H15ClF3NO2. The number of hydrogen-bond acceptors (Lipinski definition) is 2. The Bertz CT molecular complexity index is 231.